The number of aromatic nitrogens is 3. The van der Waals surface area contributed by atoms with Gasteiger partial charge in [0.15, 0.2) is 0 Å². The molecule has 2 aromatic heterocycles. The average molecular weight is 241 g/mol. The summed E-state index contributed by atoms with van der Waals surface area (Å²) in [5.41, 5.74) is 5.78. The zero-order valence-electron chi connectivity index (χ0n) is 6.41. The lowest BCUT2D eigenvalue weighted by Crippen LogP contribution is -2.08. The Kier molecular flexibility index (Phi) is 1.77. The van der Waals surface area contributed by atoms with Gasteiger partial charge in [-0.05, 0) is 15.9 Å². The van der Waals surface area contributed by atoms with Gasteiger partial charge in [0.2, 0.25) is 0 Å². The molecule has 0 aromatic carbocycles. The van der Waals surface area contributed by atoms with E-state index >= 15 is 0 Å². The highest BCUT2D eigenvalue weighted by molar-refractivity contribution is 9.10. The predicted octanol–water partition coefficient (Wildman–Crippen LogP) is 0.663. The number of rotatable bonds is 0. The van der Waals surface area contributed by atoms with Crippen molar-refractivity contribution in [3.63, 3.8) is 0 Å². The van der Waals surface area contributed by atoms with Crippen LogP contribution in [0, 0.1) is 0 Å². The first-order valence-corrected chi connectivity index (χ1v) is 4.27. The van der Waals surface area contributed by atoms with Gasteiger partial charge in [-0.3, -0.25) is 4.79 Å². The van der Waals surface area contributed by atoms with Gasteiger partial charge in [0, 0.05) is 6.07 Å². The molecule has 3 N–H and O–H groups in total. The van der Waals surface area contributed by atoms with Crippen LogP contribution >= 0.6 is 15.9 Å². The van der Waals surface area contributed by atoms with Crippen LogP contribution in [0.25, 0.3) is 10.9 Å². The highest BCUT2D eigenvalue weighted by atomic mass is 79.9. The van der Waals surface area contributed by atoms with Crippen molar-refractivity contribution < 1.29 is 0 Å². The number of fused-ring (bicyclic) bond motifs is 1. The van der Waals surface area contributed by atoms with Crippen molar-refractivity contribution in [3.8, 4) is 0 Å². The fourth-order valence-corrected chi connectivity index (χ4v) is 1.65. The molecule has 0 atom stereocenters. The molecular weight excluding hydrogens is 236 g/mol. The number of hydrogen-bond acceptors (Lipinski definition) is 4. The zero-order valence-corrected chi connectivity index (χ0v) is 8.00. The van der Waals surface area contributed by atoms with Gasteiger partial charge in [0.05, 0.1) is 17.2 Å². The van der Waals surface area contributed by atoms with Crippen molar-refractivity contribution >= 4 is 32.7 Å². The van der Waals surface area contributed by atoms with E-state index in [4.69, 9.17) is 5.73 Å². The summed E-state index contributed by atoms with van der Waals surface area (Å²) in [5.74, 6) is 0.331. The third-order valence-corrected chi connectivity index (χ3v) is 2.17. The minimum Gasteiger partial charge on any atom is -0.384 e. The standard InChI is InChI=1S/C7H5BrN4O/c8-6-5-3(1-4(9)12-6)10-2-11-7(5)13/h1-2H,(H2,9,12)(H,10,11,13). The van der Waals surface area contributed by atoms with Gasteiger partial charge >= 0.3 is 0 Å². The van der Waals surface area contributed by atoms with Crippen molar-refractivity contribution in [3.05, 3.63) is 27.4 Å². The van der Waals surface area contributed by atoms with Crippen LogP contribution in [-0.4, -0.2) is 15.0 Å². The lowest BCUT2D eigenvalue weighted by atomic mass is 10.3. The quantitative estimate of drug-likeness (QED) is 0.663. The molecule has 2 heterocycles. The number of aromatic amines is 1. The number of pyridine rings is 1. The summed E-state index contributed by atoms with van der Waals surface area (Å²) in [6.45, 7) is 0. The zero-order chi connectivity index (χ0) is 9.42. The number of nitrogens with two attached hydrogens (primary N) is 1. The fraction of sp³-hybridized carbons (Fsp3) is 0. The number of hydrogen-bond donors (Lipinski definition) is 2. The summed E-state index contributed by atoms with van der Waals surface area (Å²) in [4.78, 5) is 21.6. The van der Waals surface area contributed by atoms with Crippen molar-refractivity contribution in [1.82, 2.24) is 15.0 Å². The monoisotopic (exact) mass is 240 g/mol. The van der Waals surface area contributed by atoms with E-state index in [-0.39, 0.29) is 5.56 Å². The number of anilines is 1. The number of nitrogens with one attached hydrogen (secondary N) is 1. The summed E-state index contributed by atoms with van der Waals surface area (Å²) in [6.07, 6.45) is 1.33. The normalized spacial score (nSPS) is 10.5. The molecule has 0 bridgehead atoms. The Hall–Kier alpha value is -1.43. The first-order valence-electron chi connectivity index (χ1n) is 3.48. The van der Waals surface area contributed by atoms with E-state index in [1.54, 1.807) is 6.07 Å². The van der Waals surface area contributed by atoms with Crippen LogP contribution in [0.15, 0.2) is 21.8 Å². The molecule has 5 nitrogen and oxygen atoms in total. The molecule has 0 aliphatic rings. The molecule has 13 heavy (non-hydrogen) atoms. The SMILES string of the molecule is Nc1cc2nc[nH]c(=O)c2c(Br)n1. The molecule has 0 aliphatic carbocycles. The topological polar surface area (TPSA) is 84.7 Å². The van der Waals surface area contributed by atoms with Gasteiger partial charge in [-0.1, -0.05) is 0 Å². The molecule has 0 spiro atoms. The van der Waals surface area contributed by atoms with E-state index in [0.29, 0.717) is 21.3 Å². The molecule has 2 aromatic rings. The third-order valence-electron chi connectivity index (χ3n) is 1.60. The van der Waals surface area contributed by atoms with Gasteiger partial charge in [0.1, 0.15) is 10.4 Å². The van der Waals surface area contributed by atoms with Gasteiger partial charge in [-0.15, -0.1) is 0 Å². The maximum absolute atomic E-state index is 11.3. The Bertz CT molecular complexity index is 521. The molecule has 6 heteroatoms. The largest absolute Gasteiger partial charge is 0.384 e. The van der Waals surface area contributed by atoms with Gasteiger partial charge in [-0.25, -0.2) is 9.97 Å². The molecule has 0 saturated carbocycles. The Morgan fingerprint density at radius 2 is 2.31 bits per heavy atom. The van der Waals surface area contributed by atoms with E-state index < -0.39 is 0 Å². The van der Waals surface area contributed by atoms with Crippen molar-refractivity contribution in [2.45, 2.75) is 0 Å². The predicted molar refractivity (Wildman–Crippen MR) is 52.3 cm³/mol. The second kappa shape index (κ2) is 2.81. The van der Waals surface area contributed by atoms with E-state index in [2.05, 4.69) is 30.9 Å². The molecule has 0 aliphatic heterocycles. The van der Waals surface area contributed by atoms with E-state index in [1.165, 1.54) is 6.33 Å². The van der Waals surface area contributed by atoms with Crippen LogP contribution in [0.1, 0.15) is 0 Å². The van der Waals surface area contributed by atoms with Gasteiger partial charge < -0.3 is 10.7 Å². The lowest BCUT2D eigenvalue weighted by molar-refractivity contribution is 1.15. The molecule has 0 saturated heterocycles. The second-order valence-corrected chi connectivity index (χ2v) is 3.21. The third kappa shape index (κ3) is 1.29. The van der Waals surface area contributed by atoms with Crippen LogP contribution in [-0.2, 0) is 0 Å². The molecular formula is C7H5BrN4O. The summed E-state index contributed by atoms with van der Waals surface area (Å²) in [7, 11) is 0. The highest BCUT2D eigenvalue weighted by Gasteiger charge is 2.05. The average Bonchev–Trinajstić information content (AvgIpc) is 2.02. The first-order chi connectivity index (χ1) is 6.18. The lowest BCUT2D eigenvalue weighted by Gasteiger charge is -1.98. The van der Waals surface area contributed by atoms with Crippen LogP contribution in [0.5, 0.6) is 0 Å². The number of halogens is 1. The number of nitrogen functional groups attached to an aromatic ring is 1. The summed E-state index contributed by atoms with van der Waals surface area (Å²) >= 11 is 3.15. The van der Waals surface area contributed by atoms with Crippen LogP contribution in [0.2, 0.25) is 0 Å². The van der Waals surface area contributed by atoms with Crippen molar-refractivity contribution in [1.29, 1.82) is 0 Å². The van der Waals surface area contributed by atoms with Crippen LogP contribution < -0.4 is 11.3 Å². The molecule has 0 radical (unpaired) electrons. The maximum Gasteiger partial charge on any atom is 0.261 e. The first kappa shape index (κ1) is 8.18. The number of nitrogens with zero attached hydrogens (tertiary/aromatic N) is 2. The molecule has 66 valence electrons. The number of H-pyrrole nitrogens is 1. The molecule has 2 rings (SSSR count). The summed E-state index contributed by atoms with van der Waals surface area (Å²) in [6, 6.07) is 1.55. The summed E-state index contributed by atoms with van der Waals surface area (Å²) in [5, 5.41) is 0.414. The fourth-order valence-electron chi connectivity index (χ4n) is 1.06. The Morgan fingerprint density at radius 3 is 3.08 bits per heavy atom. The van der Waals surface area contributed by atoms with Crippen LogP contribution in [0.4, 0.5) is 5.82 Å². The van der Waals surface area contributed by atoms with E-state index in [1.807, 2.05) is 0 Å². The molecule has 0 fully saturated rings. The van der Waals surface area contributed by atoms with Crippen molar-refractivity contribution in [2.24, 2.45) is 0 Å². The maximum atomic E-state index is 11.3. The Balaban J connectivity index is 3.03. The minimum absolute atomic E-state index is 0.232. The minimum atomic E-state index is -0.232. The Morgan fingerprint density at radius 1 is 1.54 bits per heavy atom. The summed E-state index contributed by atoms with van der Waals surface area (Å²) < 4.78 is 0.414. The smallest absolute Gasteiger partial charge is 0.261 e. The Labute approximate surface area is 81.1 Å². The molecule has 0 amide bonds. The van der Waals surface area contributed by atoms with Gasteiger partial charge in [-0.2, -0.15) is 0 Å². The van der Waals surface area contributed by atoms with Crippen LogP contribution in [0.3, 0.4) is 0 Å². The van der Waals surface area contributed by atoms with Gasteiger partial charge in [0.25, 0.3) is 5.56 Å². The van der Waals surface area contributed by atoms with E-state index in [0.717, 1.165) is 0 Å². The van der Waals surface area contributed by atoms with E-state index in [9.17, 15) is 4.79 Å². The van der Waals surface area contributed by atoms with Crippen molar-refractivity contribution in [2.75, 3.05) is 5.73 Å². The molecule has 0 unspecified atom stereocenters. The second-order valence-electron chi connectivity index (χ2n) is 2.46. The highest BCUT2D eigenvalue weighted by Crippen LogP contribution is 2.18.